The van der Waals surface area contributed by atoms with Gasteiger partial charge in [-0.1, -0.05) is 13.0 Å². The Morgan fingerprint density at radius 2 is 2.21 bits per heavy atom. The standard InChI is InChI=1S/C19H23N5O3S/c1-10-6-13-7-12-4-3-5-14(12)17(16(10)13)22-19(25)23-28(20,26)15-8-21-24-9-11(2)27-18(15)24/h7-8,10-11H,3-6,9H2,1-2H3,(H3,20,22,23,25,26)/t10?,11-,28?/m0/s1. The van der Waals surface area contributed by atoms with Gasteiger partial charge in [0.2, 0.25) is 5.88 Å². The first-order chi connectivity index (χ1) is 13.3. The number of nitrogens with zero attached hydrogens (tertiary/aromatic N) is 3. The molecule has 3 N–H and O–H groups in total. The minimum Gasteiger partial charge on any atom is -0.472 e. The van der Waals surface area contributed by atoms with E-state index < -0.39 is 15.9 Å². The number of carbonyl (C=O) groups excluding carboxylic acids is 1. The molecule has 1 aromatic carbocycles. The van der Waals surface area contributed by atoms with Gasteiger partial charge in [0.1, 0.15) is 11.0 Å². The molecule has 1 aromatic heterocycles. The Kier molecular flexibility index (Phi) is 3.82. The highest BCUT2D eigenvalue weighted by atomic mass is 32.2. The van der Waals surface area contributed by atoms with Crippen LogP contribution in [0.25, 0.3) is 0 Å². The van der Waals surface area contributed by atoms with E-state index in [4.69, 9.17) is 9.88 Å². The van der Waals surface area contributed by atoms with Crippen molar-refractivity contribution in [1.29, 1.82) is 0 Å². The Hall–Kier alpha value is -2.39. The van der Waals surface area contributed by atoms with E-state index in [-0.39, 0.29) is 11.0 Å². The smallest absolute Gasteiger partial charge is 0.354 e. The van der Waals surface area contributed by atoms with Crippen LogP contribution in [0.4, 0.5) is 10.5 Å². The van der Waals surface area contributed by atoms with Crippen molar-refractivity contribution in [3.05, 3.63) is 34.5 Å². The van der Waals surface area contributed by atoms with Crippen LogP contribution in [0.3, 0.4) is 0 Å². The van der Waals surface area contributed by atoms with Crippen LogP contribution >= 0.6 is 0 Å². The van der Waals surface area contributed by atoms with Gasteiger partial charge in [-0.2, -0.15) is 5.10 Å². The number of urea groups is 1. The number of hydrogen-bond acceptors (Lipinski definition) is 4. The molecule has 148 valence electrons. The van der Waals surface area contributed by atoms with Gasteiger partial charge in [0.05, 0.1) is 12.7 Å². The summed E-state index contributed by atoms with van der Waals surface area (Å²) in [5.41, 5.74) is 5.79. The number of fused-ring (bicyclic) bond motifs is 3. The normalized spacial score (nSPS) is 23.7. The van der Waals surface area contributed by atoms with E-state index in [1.807, 2.05) is 6.92 Å². The summed E-state index contributed by atoms with van der Waals surface area (Å²) in [4.78, 5) is 12.8. The lowest BCUT2D eigenvalue weighted by Gasteiger charge is -2.31. The second-order valence-corrected chi connectivity index (χ2v) is 9.70. The lowest BCUT2D eigenvalue weighted by Crippen LogP contribution is -2.23. The molecule has 2 heterocycles. The predicted molar refractivity (Wildman–Crippen MR) is 105 cm³/mol. The highest BCUT2D eigenvalue weighted by Crippen LogP contribution is 2.45. The SMILES string of the molecule is CC1Cc2cc3c(c(NC(=O)N=S(N)(=O)c4cnn5c4O[C@@H](C)C5)c21)CCC3. The zero-order chi connectivity index (χ0) is 19.6. The highest BCUT2D eigenvalue weighted by molar-refractivity contribution is 7.91. The Labute approximate surface area is 163 Å². The molecule has 0 fully saturated rings. The number of aromatic nitrogens is 2. The number of amides is 2. The fraction of sp³-hybridized carbons (Fsp3) is 0.474. The van der Waals surface area contributed by atoms with Crippen molar-refractivity contribution in [2.45, 2.75) is 63.0 Å². The summed E-state index contributed by atoms with van der Waals surface area (Å²) in [6, 6.07) is 1.57. The number of anilines is 1. The second kappa shape index (κ2) is 6.05. The molecule has 2 aromatic rings. The van der Waals surface area contributed by atoms with Crippen molar-refractivity contribution >= 4 is 21.6 Å². The van der Waals surface area contributed by atoms with E-state index >= 15 is 0 Å². The Balaban J connectivity index is 1.49. The first-order valence-electron chi connectivity index (χ1n) is 9.59. The fourth-order valence-electron chi connectivity index (χ4n) is 4.58. The lowest BCUT2D eigenvalue weighted by molar-refractivity contribution is 0.248. The second-order valence-electron chi connectivity index (χ2n) is 7.94. The first kappa shape index (κ1) is 17.7. The number of nitrogens with two attached hydrogens (primary N) is 1. The van der Waals surface area contributed by atoms with Crippen molar-refractivity contribution in [3.8, 4) is 5.88 Å². The van der Waals surface area contributed by atoms with Crippen LogP contribution in [0.1, 0.15) is 48.4 Å². The molecule has 3 aliphatic rings. The molecule has 0 bridgehead atoms. The molecule has 2 aliphatic carbocycles. The molecular formula is C19H23N5O3S. The summed E-state index contributed by atoms with van der Waals surface area (Å²) >= 11 is 0. The summed E-state index contributed by atoms with van der Waals surface area (Å²) < 4.78 is 24.0. The summed E-state index contributed by atoms with van der Waals surface area (Å²) in [7, 11) is -3.46. The van der Waals surface area contributed by atoms with Gasteiger partial charge in [-0.25, -0.2) is 18.8 Å². The minimum atomic E-state index is -3.46. The molecule has 28 heavy (non-hydrogen) atoms. The number of carbonyl (C=O) groups is 1. The fourth-order valence-corrected chi connectivity index (χ4v) is 5.57. The monoisotopic (exact) mass is 401 g/mol. The van der Waals surface area contributed by atoms with Crippen LogP contribution < -0.4 is 15.2 Å². The van der Waals surface area contributed by atoms with Crippen molar-refractivity contribution < 1.29 is 13.7 Å². The zero-order valence-electron chi connectivity index (χ0n) is 15.9. The molecular weight excluding hydrogens is 378 g/mol. The van der Waals surface area contributed by atoms with E-state index in [0.717, 1.165) is 31.4 Å². The maximum atomic E-state index is 13.0. The van der Waals surface area contributed by atoms with Crippen molar-refractivity contribution in [2.75, 3.05) is 5.32 Å². The van der Waals surface area contributed by atoms with Gasteiger partial charge >= 0.3 is 6.03 Å². The van der Waals surface area contributed by atoms with E-state index in [0.29, 0.717) is 18.3 Å². The average Bonchev–Trinajstić information content (AvgIpc) is 3.27. The van der Waals surface area contributed by atoms with Gasteiger partial charge < -0.3 is 10.1 Å². The third kappa shape index (κ3) is 2.64. The van der Waals surface area contributed by atoms with Crippen molar-refractivity contribution in [3.63, 3.8) is 0 Å². The number of aryl methyl sites for hydroxylation is 1. The van der Waals surface area contributed by atoms with Crippen molar-refractivity contribution in [1.82, 2.24) is 9.78 Å². The average molecular weight is 401 g/mol. The van der Waals surface area contributed by atoms with Gasteiger partial charge in [-0.05, 0) is 60.8 Å². The van der Waals surface area contributed by atoms with Crippen LogP contribution in [0.5, 0.6) is 5.88 Å². The highest BCUT2D eigenvalue weighted by Gasteiger charge is 2.32. The molecule has 0 saturated carbocycles. The Morgan fingerprint density at radius 1 is 1.39 bits per heavy atom. The van der Waals surface area contributed by atoms with Gasteiger partial charge in [-0.15, -0.1) is 4.36 Å². The van der Waals surface area contributed by atoms with Crippen LogP contribution in [0.15, 0.2) is 21.5 Å². The van der Waals surface area contributed by atoms with Gasteiger partial charge in [0.25, 0.3) is 0 Å². The Bertz CT molecular complexity index is 1130. The third-order valence-corrected chi connectivity index (χ3v) is 7.16. The molecule has 2 amide bonds. The van der Waals surface area contributed by atoms with E-state index in [2.05, 4.69) is 27.8 Å². The van der Waals surface area contributed by atoms with Crippen LogP contribution in [-0.4, -0.2) is 26.1 Å². The number of nitrogens with one attached hydrogen (secondary N) is 1. The maximum Gasteiger partial charge on any atom is 0.354 e. The van der Waals surface area contributed by atoms with Gasteiger partial charge in [-0.3, -0.25) is 0 Å². The number of ether oxygens (including phenoxy) is 1. The molecule has 3 atom stereocenters. The number of benzene rings is 1. The van der Waals surface area contributed by atoms with Crippen LogP contribution in [-0.2, 0) is 35.7 Å². The largest absolute Gasteiger partial charge is 0.472 e. The molecule has 0 saturated heterocycles. The summed E-state index contributed by atoms with van der Waals surface area (Å²) in [5.74, 6) is 0.724. The lowest BCUT2D eigenvalue weighted by atomic mass is 9.75. The Morgan fingerprint density at radius 3 is 3.00 bits per heavy atom. The first-order valence-corrected chi connectivity index (χ1v) is 11.2. The quantitative estimate of drug-likeness (QED) is 0.806. The van der Waals surface area contributed by atoms with Gasteiger partial charge in [0.15, 0.2) is 9.92 Å². The van der Waals surface area contributed by atoms with E-state index in [9.17, 15) is 9.00 Å². The third-order valence-electron chi connectivity index (χ3n) is 5.81. The summed E-state index contributed by atoms with van der Waals surface area (Å²) in [6.45, 7) is 4.59. The summed E-state index contributed by atoms with van der Waals surface area (Å²) in [6.07, 6.45) is 5.36. The molecule has 1 aliphatic heterocycles. The number of hydrogen-bond donors (Lipinski definition) is 2. The molecule has 8 nitrogen and oxygen atoms in total. The van der Waals surface area contributed by atoms with E-state index in [1.54, 1.807) is 4.68 Å². The molecule has 9 heteroatoms. The maximum absolute atomic E-state index is 13.0. The predicted octanol–water partition coefficient (Wildman–Crippen LogP) is 2.75. The molecule has 0 spiro atoms. The molecule has 0 radical (unpaired) electrons. The summed E-state index contributed by atoms with van der Waals surface area (Å²) in [5, 5.41) is 13.0. The molecule has 2 unspecified atom stereocenters. The number of rotatable bonds is 2. The molecule has 5 rings (SSSR count). The zero-order valence-corrected chi connectivity index (χ0v) is 16.7. The van der Waals surface area contributed by atoms with E-state index in [1.165, 1.54) is 28.5 Å². The van der Waals surface area contributed by atoms with Crippen LogP contribution in [0.2, 0.25) is 0 Å². The minimum absolute atomic E-state index is 0.0845. The van der Waals surface area contributed by atoms with Gasteiger partial charge in [0, 0.05) is 5.69 Å². The topological polar surface area (TPSA) is 112 Å². The van der Waals surface area contributed by atoms with Crippen molar-refractivity contribution in [2.24, 2.45) is 9.50 Å². The van der Waals surface area contributed by atoms with Crippen LogP contribution in [0, 0.1) is 0 Å².